The molecule has 0 bridgehead atoms. The van der Waals surface area contributed by atoms with Crippen molar-refractivity contribution >= 4 is 34.0 Å². The van der Waals surface area contributed by atoms with Gasteiger partial charge in [0, 0.05) is 10.6 Å². The molecule has 0 spiro atoms. The number of hydrogen-bond donors (Lipinski definition) is 1. The standard InChI is InChI=1S/C23H21ClN2O3S/c1-4-29-22(28)18-14(2)25(3)23-26(19(18)15-10-12-17(24)13-11-15)21(27)20(30-23)16-8-6-5-7-9-16/h5-13,19H,4H2,1-3H3/p+1. The molecule has 7 heteroatoms. The van der Waals surface area contributed by atoms with Gasteiger partial charge in [-0.25, -0.2) is 9.69 Å². The fraction of sp³-hybridized carbons (Fsp3) is 0.217. The van der Waals surface area contributed by atoms with Gasteiger partial charge in [0.1, 0.15) is 16.1 Å². The average Bonchev–Trinajstić information content (AvgIpc) is 3.09. The minimum Gasteiger partial charge on any atom is -0.477 e. The van der Waals surface area contributed by atoms with Crippen molar-refractivity contribution in [2.45, 2.75) is 19.9 Å². The Hall–Kier alpha value is -2.83. The molecule has 30 heavy (non-hydrogen) atoms. The Kier molecular flexibility index (Phi) is 5.54. The maximum absolute atomic E-state index is 13.0. The van der Waals surface area contributed by atoms with Crippen molar-refractivity contribution in [2.75, 3.05) is 18.6 Å². The van der Waals surface area contributed by atoms with Gasteiger partial charge in [-0.15, -0.1) is 0 Å². The molecule has 0 fully saturated rings. The van der Waals surface area contributed by atoms with E-state index in [-0.39, 0.29) is 12.5 Å². The van der Waals surface area contributed by atoms with E-state index < -0.39 is 12.0 Å². The molecule has 0 saturated heterocycles. The number of aromatic hydroxyl groups is 1. The second-order valence-corrected chi connectivity index (χ2v) is 8.42. The first-order valence-electron chi connectivity index (χ1n) is 9.63. The Morgan fingerprint density at radius 3 is 2.50 bits per heavy atom. The summed E-state index contributed by atoms with van der Waals surface area (Å²) >= 11 is 7.58. The number of allylic oxidation sites excluding steroid dienone is 1. The first kappa shape index (κ1) is 20.4. The number of fused-ring (bicyclic) bond motifs is 1. The Morgan fingerprint density at radius 2 is 1.87 bits per heavy atom. The number of esters is 1. The van der Waals surface area contributed by atoms with Crippen molar-refractivity contribution < 1.29 is 19.2 Å². The smallest absolute Gasteiger partial charge is 0.345 e. The second-order valence-electron chi connectivity index (χ2n) is 7.01. The molecule has 0 amide bonds. The van der Waals surface area contributed by atoms with Crippen molar-refractivity contribution in [2.24, 2.45) is 0 Å². The van der Waals surface area contributed by atoms with Crippen LogP contribution in [-0.4, -0.2) is 24.7 Å². The van der Waals surface area contributed by atoms with Gasteiger partial charge in [0.05, 0.1) is 13.7 Å². The van der Waals surface area contributed by atoms with Crippen LogP contribution in [0.5, 0.6) is 5.88 Å². The van der Waals surface area contributed by atoms with Gasteiger partial charge in [0.25, 0.3) is 0 Å². The molecule has 1 aromatic heterocycles. The van der Waals surface area contributed by atoms with Crippen LogP contribution in [0.25, 0.3) is 10.4 Å². The molecule has 154 valence electrons. The summed E-state index contributed by atoms with van der Waals surface area (Å²) in [5, 5.41) is 12.7. The predicted molar refractivity (Wildman–Crippen MR) is 119 cm³/mol. The van der Waals surface area contributed by atoms with E-state index in [0.29, 0.717) is 10.6 Å². The van der Waals surface area contributed by atoms with E-state index in [9.17, 15) is 9.90 Å². The predicted octanol–water partition coefficient (Wildman–Crippen LogP) is 4.94. The molecule has 1 atom stereocenters. The van der Waals surface area contributed by atoms with Gasteiger partial charge in [0.2, 0.25) is 0 Å². The first-order chi connectivity index (χ1) is 14.4. The molecular formula is C23H22ClN2O3S+. The summed E-state index contributed by atoms with van der Waals surface area (Å²) in [5.41, 5.74) is 3.04. The molecule has 1 unspecified atom stereocenters. The highest BCUT2D eigenvalue weighted by Gasteiger charge is 2.45. The maximum atomic E-state index is 13.0. The normalized spacial score (nSPS) is 15.9. The van der Waals surface area contributed by atoms with Crippen molar-refractivity contribution in [3.05, 3.63) is 76.5 Å². The monoisotopic (exact) mass is 441 g/mol. The number of nitrogens with zero attached hydrogens (tertiary/aromatic N) is 2. The zero-order chi connectivity index (χ0) is 21.4. The maximum Gasteiger partial charge on any atom is 0.345 e. The number of carbonyl (C=O) groups is 1. The summed E-state index contributed by atoms with van der Waals surface area (Å²) in [5.74, 6) is -0.283. The highest BCUT2D eigenvalue weighted by Crippen LogP contribution is 2.44. The molecule has 0 aliphatic carbocycles. The van der Waals surface area contributed by atoms with Crippen LogP contribution in [-0.2, 0) is 9.53 Å². The largest absolute Gasteiger partial charge is 0.477 e. The van der Waals surface area contributed by atoms with Crippen LogP contribution in [0.1, 0.15) is 25.5 Å². The molecule has 1 N–H and O–H groups in total. The quantitative estimate of drug-likeness (QED) is 0.460. The lowest BCUT2D eigenvalue weighted by molar-refractivity contribution is -0.695. The number of hydrogen-bond acceptors (Lipinski definition) is 5. The summed E-state index contributed by atoms with van der Waals surface area (Å²) < 4.78 is 7.18. The van der Waals surface area contributed by atoms with Gasteiger partial charge in [-0.2, -0.15) is 4.57 Å². The number of thiazole rings is 1. The summed E-state index contributed by atoms with van der Waals surface area (Å²) in [4.78, 5) is 15.6. The topological polar surface area (TPSA) is 53.6 Å². The highest BCUT2D eigenvalue weighted by atomic mass is 35.5. The van der Waals surface area contributed by atoms with Crippen molar-refractivity contribution in [1.29, 1.82) is 0 Å². The van der Waals surface area contributed by atoms with E-state index >= 15 is 0 Å². The lowest BCUT2D eigenvalue weighted by atomic mass is 9.95. The van der Waals surface area contributed by atoms with Gasteiger partial charge in [0.15, 0.2) is 6.04 Å². The number of anilines is 1. The van der Waals surface area contributed by atoms with E-state index in [0.717, 1.165) is 26.8 Å². The Morgan fingerprint density at radius 1 is 1.20 bits per heavy atom. The molecule has 4 rings (SSSR count). The molecule has 3 aromatic rings. The third-order valence-corrected chi connectivity index (χ3v) is 6.79. The zero-order valence-corrected chi connectivity index (χ0v) is 18.5. The van der Waals surface area contributed by atoms with E-state index in [1.807, 2.05) is 61.3 Å². The molecule has 1 aliphatic heterocycles. The third-order valence-electron chi connectivity index (χ3n) is 5.26. The Labute approximate surface area is 184 Å². The summed E-state index contributed by atoms with van der Waals surface area (Å²) in [6.07, 6.45) is 0. The van der Waals surface area contributed by atoms with Gasteiger partial charge in [-0.1, -0.05) is 54.1 Å². The van der Waals surface area contributed by atoms with Crippen molar-refractivity contribution in [3.63, 3.8) is 0 Å². The van der Waals surface area contributed by atoms with Gasteiger partial charge >= 0.3 is 17.0 Å². The van der Waals surface area contributed by atoms with Crippen molar-refractivity contribution in [1.82, 2.24) is 0 Å². The average molecular weight is 442 g/mol. The third kappa shape index (κ3) is 3.36. The second kappa shape index (κ2) is 8.13. The van der Waals surface area contributed by atoms with Crippen LogP contribution >= 0.6 is 22.9 Å². The van der Waals surface area contributed by atoms with Crippen LogP contribution in [0.15, 0.2) is 65.9 Å². The summed E-state index contributed by atoms with van der Waals surface area (Å²) in [6.45, 7) is 3.96. The molecule has 5 nitrogen and oxygen atoms in total. The zero-order valence-electron chi connectivity index (χ0n) is 16.9. The van der Waals surface area contributed by atoms with E-state index in [1.54, 1.807) is 23.6 Å². The number of aromatic nitrogens is 1. The highest BCUT2D eigenvalue weighted by molar-refractivity contribution is 7.18. The fourth-order valence-electron chi connectivity index (χ4n) is 3.71. The number of halogens is 1. The summed E-state index contributed by atoms with van der Waals surface area (Å²) in [6, 6.07) is 16.5. The molecule has 0 saturated carbocycles. The van der Waals surface area contributed by atoms with Crippen molar-refractivity contribution in [3.8, 4) is 16.3 Å². The van der Waals surface area contributed by atoms with E-state index in [4.69, 9.17) is 16.3 Å². The van der Waals surface area contributed by atoms with E-state index in [1.165, 1.54) is 11.3 Å². The lowest BCUT2D eigenvalue weighted by Crippen LogP contribution is -2.50. The molecular weight excluding hydrogens is 420 g/mol. The lowest BCUT2D eigenvalue weighted by Gasteiger charge is -2.27. The first-order valence-corrected chi connectivity index (χ1v) is 10.8. The summed E-state index contributed by atoms with van der Waals surface area (Å²) in [7, 11) is 1.89. The molecule has 0 radical (unpaired) electrons. The SMILES string of the molecule is CCOC(=O)C1=C(C)N(C)c2sc(-c3ccccc3)c(O)[n+]2C1c1ccc(Cl)cc1. The van der Waals surface area contributed by atoms with Crippen LogP contribution in [0.2, 0.25) is 5.02 Å². The van der Waals surface area contributed by atoms with Gasteiger partial charge in [-0.3, -0.25) is 0 Å². The van der Waals surface area contributed by atoms with Crippen LogP contribution < -0.4 is 9.47 Å². The number of rotatable bonds is 4. The minimum absolute atomic E-state index is 0.113. The minimum atomic E-state index is -0.527. The Bertz CT molecular complexity index is 1120. The van der Waals surface area contributed by atoms with Gasteiger partial charge < -0.3 is 9.84 Å². The van der Waals surface area contributed by atoms with Crippen LogP contribution in [0.4, 0.5) is 5.13 Å². The fourth-order valence-corrected chi connectivity index (χ4v) is 5.02. The van der Waals surface area contributed by atoms with Crippen LogP contribution in [0, 0.1) is 0 Å². The molecule has 2 heterocycles. The molecule has 2 aromatic carbocycles. The number of carbonyl (C=O) groups excluding carboxylic acids is 1. The van der Waals surface area contributed by atoms with E-state index in [2.05, 4.69) is 0 Å². The van der Waals surface area contributed by atoms with Gasteiger partial charge in [-0.05, 0) is 42.9 Å². The number of ether oxygens (including phenoxy) is 1. The number of benzene rings is 2. The molecule has 1 aliphatic rings. The van der Waals surface area contributed by atoms with Crippen LogP contribution in [0.3, 0.4) is 0 Å². The Balaban J connectivity index is 1.97.